The molecule has 0 amide bonds. The molecule has 10 heavy (non-hydrogen) atoms. The van der Waals surface area contributed by atoms with Crippen LogP contribution in [0.4, 0.5) is 0 Å². The van der Waals surface area contributed by atoms with Gasteiger partial charge in [0.1, 0.15) is 0 Å². The van der Waals surface area contributed by atoms with Gasteiger partial charge in [0.05, 0.1) is 0 Å². The second-order valence-corrected chi connectivity index (χ2v) is 3.79. The van der Waals surface area contributed by atoms with Crippen LogP contribution in [0.15, 0.2) is 16.6 Å². The number of hydrogen-bond acceptors (Lipinski definition) is 1. The predicted molar refractivity (Wildman–Crippen MR) is 45.5 cm³/mol. The first-order chi connectivity index (χ1) is 4.97. The van der Waals surface area contributed by atoms with Crippen molar-refractivity contribution >= 4 is 11.8 Å². The smallest absolute Gasteiger partial charge is 0.0218 e. The van der Waals surface area contributed by atoms with Crippen molar-refractivity contribution in [3.63, 3.8) is 0 Å². The summed E-state index contributed by atoms with van der Waals surface area (Å²) in [5, 5.41) is 3.22. The summed E-state index contributed by atoms with van der Waals surface area (Å²) in [6.45, 7) is 0. The van der Waals surface area contributed by atoms with E-state index in [1.54, 1.807) is 10.5 Å². The molecule has 0 saturated carbocycles. The van der Waals surface area contributed by atoms with Gasteiger partial charge in [-0.1, -0.05) is 23.4 Å². The maximum atomic E-state index is 3.22. The Morgan fingerprint density at radius 3 is 3.10 bits per heavy atom. The van der Waals surface area contributed by atoms with Crippen LogP contribution in [0.25, 0.3) is 0 Å². The van der Waals surface area contributed by atoms with Crippen molar-refractivity contribution in [3.8, 4) is 0 Å². The standard InChI is InChI=1S/C9H11S/c1-2-6-9-8(4-1)5-3-7-10-9/h3H,1-2,4-6H2. The molecule has 2 rings (SSSR count). The maximum Gasteiger partial charge on any atom is 0.0218 e. The quantitative estimate of drug-likeness (QED) is 0.512. The lowest BCUT2D eigenvalue weighted by atomic mass is 9.97. The zero-order valence-electron chi connectivity index (χ0n) is 6.02. The number of thioether (sulfide) groups is 1. The second kappa shape index (κ2) is 2.83. The van der Waals surface area contributed by atoms with Gasteiger partial charge in [0.25, 0.3) is 0 Å². The molecule has 1 radical (unpaired) electrons. The fourth-order valence-corrected chi connectivity index (χ4v) is 2.44. The van der Waals surface area contributed by atoms with Crippen molar-refractivity contribution in [1.29, 1.82) is 0 Å². The van der Waals surface area contributed by atoms with E-state index in [4.69, 9.17) is 0 Å². The molecule has 2 aliphatic rings. The molecule has 1 aliphatic heterocycles. The average molecular weight is 151 g/mol. The number of hydrogen-bond donors (Lipinski definition) is 0. The average Bonchev–Trinajstić information content (AvgIpc) is 2.05. The van der Waals surface area contributed by atoms with E-state index in [1.165, 1.54) is 32.1 Å². The lowest BCUT2D eigenvalue weighted by Crippen LogP contribution is -1.98. The van der Waals surface area contributed by atoms with Crippen LogP contribution < -0.4 is 0 Å². The zero-order valence-corrected chi connectivity index (χ0v) is 6.84. The topological polar surface area (TPSA) is 0 Å². The van der Waals surface area contributed by atoms with E-state index >= 15 is 0 Å². The second-order valence-electron chi connectivity index (χ2n) is 2.86. The Balaban J connectivity index is 2.17. The van der Waals surface area contributed by atoms with Gasteiger partial charge >= 0.3 is 0 Å². The van der Waals surface area contributed by atoms with E-state index in [2.05, 4.69) is 11.5 Å². The van der Waals surface area contributed by atoms with Crippen molar-refractivity contribution in [2.45, 2.75) is 32.1 Å². The van der Waals surface area contributed by atoms with Gasteiger partial charge in [0.2, 0.25) is 0 Å². The normalized spacial score (nSPS) is 24.8. The van der Waals surface area contributed by atoms with Gasteiger partial charge in [0.15, 0.2) is 0 Å². The lowest BCUT2D eigenvalue weighted by molar-refractivity contribution is 0.683. The van der Waals surface area contributed by atoms with Gasteiger partial charge < -0.3 is 0 Å². The van der Waals surface area contributed by atoms with Gasteiger partial charge in [-0.15, -0.1) is 0 Å². The van der Waals surface area contributed by atoms with Crippen molar-refractivity contribution in [1.82, 2.24) is 0 Å². The SMILES string of the molecule is [C]1=CCC2=C(CCCC2)S1. The van der Waals surface area contributed by atoms with Gasteiger partial charge in [-0.05, 0) is 37.0 Å². The highest BCUT2D eigenvalue weighted by molar-refractivity contribution is 8.04. The van der Waals surface area contributed by atoms with Gasteiger partial charge in [0, 0.05) is 5.41 Å². The Labute approximate surface area is 66.4 Å². The van der Waals surface area contributed by atoms with E-state index in [9.17, 15) is 0 Å². The fourth-order valence-electron chi connectivity index (χ4n) is 1.56. The number of rotatable bonds is 0. The lowest BCUT2D eigenvalue weighted by Gasteiger charge is -2.19. The third kappa shape index (κ3) is 1.15. The van der Waals surface area contributed by atoms with E-state index in [0.29, 0.717) is 0 Å². The Kier molecular flexibility index (Phi) is 1.85. The summed E-state index contributed by atoms with van der Waals surface area (Å²) >= 11 is 1.82. The summed E-state index contributed by atoms with van der Waals surface area (Å²) in [4.78, 5) is 1.62. The Hall–Kier alpha value is -0.170. The molecule has 0 saturated heterocycles. The minimum atomic E-state index is 1.18. The highest BCUT2D eigenvalue weighted by Crippen LogP contribution is 2.37. The summed E-state index contributed by atoms with van der Waals surface area (Å²) in [5.74, 6) is 0. The van der Waals surface area contributed by atoms with Crippen molar-refractivity contribution in [2.24, 2.45) is 0 Å². The molecule has 0 unspecified atom stereocenters. The third-order valence-electron chi connectivity index (χ3n) is 2.14. The molecule has 0 bridgehead atoms. The minimum Gasteiger partial charge on any atom is -0.0937 e. The molecule has 1 aliphatic carbocycles. The molecule has 0 aromatic rings. The molecule has 53 valence electrons. The first-order valence-corrected chi connectivity index (χ1v) is 4.73. The molecule has 0 nitrogen and oxygen atoms in total. The highest BCUT2D eigenvalue weighted by atomic mass is 32.2. The van der Waals surface area contributed by atoms with E-state index in [-0.39, 0.29) is 0 Å². The molecule has 1 heteroatoms. The van der Waals surface area contributed by atoms with Crippen LogP contribution >= 0.6 is 11.8 Å². The fraction of sp³-hybridized carbons (Fsp3) is 0.556. The van der Waals surface area contributed by atoms with Crippen LogP contribution in [0.1, 0.15) is 32.1 Å². The van der Waals surface area contributed by atoms with Crippen LogP contribution in [0.3, 0.4) is 0 Å². The maximum absolute atomic E-state index is 3.22. The summed E-state index contributed by atoms with van der Waals surface area (Å²) in [5.41, 5.74) is 1.69. The van der Waals surface area contributed by atoms with Crippen molar-refractivity contribution in [2.75, 3.05) is 0 Å². The minimum absolute atomic E-state index is 1.18. The molecule has 0 aromatic carbocycles. The van der Waals surface area contributed by atoms with Gasteiger partial charge in [-0.2, -0.15) is 0 Å². The first kappa shape index (κ1) is 6.53. The predicted octanol–water partition coefficient (Wildman–Crippen LogP) is 3.27. The zero-order chi connectivity index (χ0) is 6.81. The molecule has 1 heterocycles. The van der Waals surface area contributed by atoms with Crippen LogP contribution in [-0.4, -0.2) is 0 Å². The molecule has 0 atom stereocenters. The van der Waals surface area contributed by atoms with Crippen LogP contribution in [0.2, 0.25) is 0 Å². The summed E-state index contributed by atoms with van der Waals surface area (Å²) in [6.07, 6.45) is 8.82. The Morgan fingerprint density at radius 2 is 2.20 bits per heavy atom. The van der Waals surface area contributed by atoms with Crippen LogP contribution in [0, 0.1) is 5.41 Å². The Morgan fingerprint density at radius 1 is 1.30 bits per heavy atom. The van der Waals surface area contributed by atoms with E-state index in [0.717, 1.165) is 0 Å². The van der Waals surface area contributed by atoms with Crippen molar-refractivity contribution in [3.05, 3.63) is 22.0 Å². The number of allylic oxidation sites excluding steroid dienone is 3. The third-order valence-corrected chi connectivity index (χ3v) is 3.16. The first-order valence-electron chi connectivity index (χ1n) is 3.92. The Bertz CT molecular complexity index is 169. The van der Waals surface area contributed by atoms with Crippen molar-refractivity contribution < 1.29 is 0 Å². The molecular formula is C9H11S. The highest BCUT2D eigenvalue weighted by Gasteiger charge is 2.13. The molecule has 0 fully saturated rings. The molecule has 0 N–H and O–H groups in total. The van der Waals surface area contributed by atoms with Crippen LogP contribution in [0.5, 0.6) is 0 Å². The van der Waals surface area contributed by atoms with E-state index in [1.807, 2.05) is 11.8 Å². The molecule has 0 spiro atoms. The van der Waals surface area contributed by atoms with Gasteiger partial charge in [-0.3, -0.25) is 0 Å². The summed E-state index contributed by atoms with van der Waals surface area (Å²) in [6, 6.07) is 0. The van der Waals surface area contributed by atoms with Crippen LogP contribution in [-0.2, 0) is 0 Å². The summed E-state index contributed by atoms with van der Waals surface area (Å²) < 4.78 is 0. The molecular weight excluding hydrogens is 140 g/mol. The van der Waals surface area contributed by atoms with Gasteiger partial charge in [-0.25, -0.2) is 0 Å². The largest absolute Gasteiger partial charge is 0.0937 e. The summed E-state index contributed by atoms with van der Waals surface area (Å²) in [7, 11) is 0. The van der Waals surface area contributed by atoms with E-state index < -0.39 is 0 Å². The monoisotopic (exact) mass is 151 g/mol. The molecule has 0 aromatic heterocycles.